The van der Waals surface area contributed by atoms with Crippen molar-refractivity contribution in [3.05, 3.63) is 29.3 Å². The number of anilines is 1. The monoisotopic (exact) mass is 251 g/mol. The van der Waals surface area contributed by atoms with Gasteiger partial charge in [-0.05, 0) is 48.3 Å². The molecule has 1 N–H and O–H groups in total. The molecule has 0 spiro atoms. The molecule has 1 nitrogen and oxygen atoms in total. The van der Waals surface area contributed by atoms with Crippen LogP contribution in [0.1, 0.15) is 37.8 Å². The summed E-state index contributed by atoms with van der Waals surface area (Å²) in [4.78, 5) is 0. The average molecular weight is 252 g/mol. The van der Waals surface area contributed by atoms with Gasteiger partial charge in [-0.25, -0.2) is 0 Å². The van der Waals surface area contributed by atoms with Gasteiger partial charge in [-0.2, -0.15) is 0 Å². The van der Waals surface area contributed by atoms with E-state index in [9.17, 15) is 0 Å². The first-order valence-corrected chi connectivity index (χ1v) is 7.12. The maximum atomic E-state index is 5.80. The Kier molecular flexibility index (Phi) is 3.98. The first-order chi connectivity index (χ1) is 8.17. The maximum absolute atomic E-state index is 5.80. The third-order valence-corrected chi connectivity index (χ3v) is 4.30. The fourth-order valence-electron chi connectivity index (χ4n) is 2.43. The highest BCUT2D eigenvalue weighted by atomic mass is 35.5. The molecule has 94 valence electrons. The Bertz CT molecular complexity index is 389. The number of benzene rings is 1. The molecule has 1 unspecified atom stereocenters. The Morgan fingerprint density at radius 3 is 2.94 bits per heavy atom. The van der Waals surface area contributed by atoms with Crippen LogP contribution in [0.15, 0.2) is 18.2 Å². The Morgan fingerprint density at radius 1 is 1.41 bits per heavy atom. The van der Waals surface area contributed by atoms with Crippen molar-refractivity contribution in [3.8, 4) is 0 Å². The van der Waals surface area contributed by atoms with Crippen LogP contribution in [-0.2, 0) is 12.8 Å². The molecule has 0 saturated heterocycles. The molecule has 0 saturated carbocycles. The predicted molar refractivity (Wildman–Crippen MR) is 76.1 cm³/mol. The van der Waals surface area contributed by atoms with Crippen LogP contribution in [0, 0.1) is 5.41 Å². The van der Waals surface area contributed by atoms with Crippen LogP contribution in [0.25, 0.3) is 0 Å². The quantitative estimate of drug-likeness (QED) is 0.793. The van der Waals surface area contributed by atoms with Gasteiger partial charge >= 0.3 is 0 Å². The Balaban J connectivity index is 2.19. The van der Waals surface area contributed by atoms with Crippen molar-refractivity contribution >= 4 is 17.3 Å². The van der Waals surface area contributed by atoms with Crippen LogP contribution in [0.2, 0.25) is 0 Å². The molecule has 2 rings (SSSR count). The van der Waals surface area contributed by atoms with Crippen LogP contribution in [0.5, 0.6) is 0 Å². The van der Waals surface area contributed by atoms with Crippen molar-refractivity contribution in [3.63, 3.8) is 0 Å². The summed E-state index contributed by atoms with van der Waals surface area (Å²) in [7, 11) is 0. The molecule has 2 heteroatoms. The molecule has 17 heavy (non-hydrogen) atoms. The number of aryl methyl sites for hydroxylation is 2. The number of nitrogens with one attached hydrogen (secondary N) is 1. The van der Waals surface area contributed by atoms with Gasteiger partial charge in [0.05, 0.1) is 0 Å². The second kappa shape index (κ2) is 5.30. The minimum Gasteiger partial charge on any atom is -0.384 e. The fraction of sp³-hybridized carbons (Fsp3) is 0.600. The van der Waals surface area contributed by atoms with E-state index in [1.54, 1.807) is 0 Å². The summed E-state index contributed by atoms with van der Waals surface area (Å²) in [6.07, 6.45) is 4.67. The molecule has 0 radical (unpaired) electrons. The topological polar surface area (TPSA) is 12.0 Å². The molecule has 1 aliphatic rings. The number of halogens is 1. The van der Waals surface area contributed by atoms with Gasteiger partial charge in [0.15, 0.2) is 0 Å². The van der Waals surface area contributed by atoms with Gasteiger partial charge in [0.2, 0.25) is 0 Å². The van der Waals surface area contributed by atoms with E-state index in [0.29, 0.717) is 11.3 Å². The van der Waals surface area contributed by atoms with E-state index in [-0.39, 0.29) is 0 Å². The second-order valence-corrected chi connectivity index (χ2v) is 5.83. The zero-order chi connectivity index (χ0) is 12.3. The lowest BCUT2D eigenvalue weighted by molar-refractivity contribution is 0.311. The van der Waals surface area contributed by atoms with Crippen molar-refractivity contribution < 1.29 is 0 Å². The average Bonchev–Trinajstić information content (AvgIpc) is 2.51. The van der Waals surface area contributed by atoms with Gasteiger partial charge < -0.3 is 5.32 Å². The number of hydrogen-bond acceptors (Lipinski definition) is 1. The lowest BCUT2D eigenvalue weighted by Gasteiger charge is -2.26. The fourth-order valence-corrected chi connectivity index (χ4v) is 2.64. The van der Waals surface area contributed by atoms with Gasteiger partial charge in [0, 0.05) is 18.1 Å². The molecule has 1 aliphatic heterocycles. The summed E-state index contributed by atoms with van der Waals surface area (Å²) in [5, 5.41) is 3.60. The largest absolute Gasteiger partial charge is 0.384 e. The molecule has 0 aromatic heterocycles. The van der Waals surface area contributed by atoms with E-state index >= 15 is 0 Å². The van der Waals surface area contributed by atoms with Gasteiger partial charge in [0.1, 0.15) is 0 Å². The number of hydrogen-bond donors (Lipinski definition) is 1. The van der Waals surface area contributed by atoms with E-state index in [2.05, 4.69) is 37.4 Å². The summed E-state index contributed by atoms with van der Waals surface area (Å²) in [6, 6.07) is 6.74. The van der Waals surface area contributed by atoms with Gasteiger partial charge in [0.25, 0.3) is 0 Å². The van der Waals surface area contributed by atoms with Crippen LogP contribution < -0.4 is 5.32 Å². The Hall–Kier alpha value is -0.690. The van der Waals surface area contributed by atoms with Crippen LogP contribution in [0.3, 0.4) is 0 Å². The number of alkyl halides is 1. The SMILES string of the molecule is CCC1(C)CCc2cc(CCCl)ccc2NC1. The molecule has 1 heterocycles. The lowest BCUT2D eigenvalue weighted by atomic mass is 9.82. The minimum absolute atomic E-state index is 0.436. The smallest absolute Gasteiger partial charge is 0.0373 e. The van der Waals surface area contributed by atoms with Crippen LogP contribution >= 0.6 is 11.6 Å². The highest BCUT2D eigenvalue weighted by Crippen LogP contribution is 2.33. The summed E-state index contributed by atoms with van der Waals surface area (Å²) >= 11 is 5.80. The van der Waals surface area contributed by atoms with Crippen molar-refractivity contribution in [2.75, 3.05) is 17.7 Å². The van der Waals surface area contributed by atoms with Crippen molar-refractivity contribution in [1.29, 1.82) is 0 Å². The van der Waals surface area contributed by atoms with E-state index in [1.807, 2.05) is 0 Å². The normalized spacial score (nSPS) is 23.7. The molecule has 0 aliphatic carbocycles. The molecule has 1 aromatic carbocycles. The van der Waals surface area contributed by atoms with Crippen molar-refractivity contribution in [1.82, 2.24) is 0 Å². The molecule has 0 bridgehead atoms. The van der Waals surface area contributed by atoms with Gasteiger partial charge in [-0.1, -0.05) is 26.0 Å². The zero-order valence-electron chi connectivity index (χ0n) is 10.9. The molecular weight excluding hydrogens is 230 g/mol. The lowest BCUT2D eigenvalue weighted by Crippen LogP contribution is -2.24. The number of rotatable bonds is 3. The maximum Gasteiger partial charge on any atom is 0.0373 e. The zero-order valence-corrected chi connectivity index (χ0v) is 11.6. The molecule has 1 atom stereocenters. The standard InChI is InChI=1S/C15H22ClN/c1-3-15(2)8-6-13-10-12(7-9-16)4-5-14(13)17-11-15/h4-5,10,17H,3,6-9,11H2,1-2H3. The van der Waals surface area contributed by atoms with Crippen LogP contribution in [0.4, 0.5) is 5.69 Å². The second-order valence-electron chi connectivity index (χ2n) is 5.45. The number of fused-ring (bicyclic) bond motifs is 1. The van der Waals surface area contributed by atoms with Crippen molar-refractivity contribution in [2.24, 2.45) is 5.41 Å². The molecule has 0 fully saturated rings. The first kappa shape index (κ1) is 12.8. The Morgan fingerprint density at radius 2 is 2.24 bits per heavy atom. The Labute approximate surface area is 110 Å². The van der Waals surface area contributed by atoms with E-state index < -0.39 is 0 Å². The van der Waals surface area contributed by atoms with Gasteiger partial charge in [-0.15, -0.1) is 11.6 Å². The molecule has 0 amide bonds. The highest BCUT2D eigenvalue weighted by molar-refractivity contribution is 6.17. The predicted octanol–water partition coefficient (Wildman–Crippen LogP) is 4.24. The third-order valence-electron chi connectivity index (χ3n) is 4.11. The minimum atomic E-state index is 0.436. The highest BCUT2D eigenvalue weighted by Gasteiger charge is 2.25. The molecular formula is C15H22ClN. The summed E-state index contributed by atoms with van der Waals surface area (Å²) in [6.45, 7) is 5.76. The molecule has 1 aromatic rings. The first-order valence-electron chi connectivity index (χ1n) is 6.58. The summed E-state index contributed by atoms with van der Waals surface area (Å²) in [5.74, 6) is 0.707. The van der Waals surface area contributed by atoms with Crippen molar-refractivity contribution in [2.45, 2.75) is 39.5 Å². The van der Waals surface area contributed by atoms with Gasteiger partial charge in [-0.3, -0.25) is 0 Å². The van der Waals surface area contributed by atoms with Crippen LogP contribution in [-0.4, -0.2) is 12.4 Å². The van der Waals surface area contributed by atoms with E-state index in [1.165, 1.54) is 36.1 Å². The van der Waals surface area contributed by atoms with E-state index in [4.69, 9.17) is 11.6 Å². The van der Waals surface area contributed by atoms with E-state index in [0.717, 1.165) is 13.0 Å². The summed E-state index contributed by atoms with van der Waals surface area (Å²) in [5.41, 5.74) is 4.58. The third kappa shape index (κ3) is 2.95. The summed E-state index contributed by atoms with van der Waals surface area (Å²) < 4.78 is 0.